The van der Waals surface area contributed by atoms with Gasteiger partial charge in [-0.3, -0.25) is 0 Å². The van der Waals surface area contributed by atoms with Crippen molar-refractivity contribution < 1.29 is 9.53 Å². The second-order valence-corrected chi connectivity index (χ2v) is 6.69. The van der Waals surface area contributed by atoms with Crippen LogP contribution in [0.3, 0.4) is 0 Å². The molecule has 2 atom stereocenters. The van der Waals surface area contributed by atoms with E-state index in [-0.39, 0.29) is 12.1 Å². The zero-order valence-electron chi connectivity index (χ0n) is 15.4. The predicted molar refractivity (Wildman–Crippen MR) is 97.5 cm³/mol. The fraction of sp³-hybridized carbons (Fsp3) is 0.632. The highest BCUT2D eigenvalue weighted by Crippen LogP contribution is 2.22. The van der Waals surface area contributed by atoms with Crippen molar-refractivity contribution in [2.45, 2.75) is 44.7 Å². The van der Waals surface area contributed by atoms with Crippen molar-refractivity contribution in [2.24, 2.45) is 0 Å². The van der Waals surface area contributed by atoms with Gasteiger partial charge in [0.05, 0.1) is 13.2 Å². The Morgan fingerprint density at radius 1 is 1.33 bits per heavy atom. The summed E-state index contributed by atoms with van der Waals surface area (Å²) < 4.78 is 5.22. The number of urea groups is 1. The van der Waals surface area contributed by atoms with Gasteiger partial charge in [0.15, 0.2) is 0 Å². The van der Waals surface area contributed by atoms with Crippen LogP contribution >= 0.6 is 0 Å². The smallest absolute Gasteiger partial charge is 0.317 e. The highest BCUT2D eigenvalue weighted by atomic mass is 16.5. The number of likely N-dealkylation sites (tertiary alicyclic amines) is 1. The molecule has 2 rings (SSSR count). The number of nitrogens with one attached hydrogen (secondary N) is 1. The molecule has 1 heterocycles. The minimum absolute atomic E-state index is 0.0712. The maximum atomic E-state index is 12.6. The average Bonchev–Trinajstić information content (AvgIpc) is 2.61. The van der Waals surface area contributed by atoms with E-state index in [1.165, 1.54) is 12.0 Å². The number of likely N-dealkylation sites (N-methyl/N-ethyl adjacent to an activating group) is 1. The molecule has 1 fully saturated rings. The Labute approximate surface area is 146 Å². The first-order chi connectivity index (χ1) is 11.6. The third-order valence-electron chi connectivity index (χ3n) is 4.93. The number of hydrogen-bond acceptors (Lipinski definition) is 3. The molecule has 1 saturated heterocycles. The topological polar surface area (TPSA) is 44.8 Å². The van der Waals surface area contributed by atoms with E-state index in [9.17, 15) is 4.79 Å². The molecule has 24 heavy (non-hydrogen) atoms. The Hall–Kier alpha value is -1.75. The van der Waals surface area contributed by atoms with E-state index in [4.69, 9.17) is 4.74 Å². The Kier molecular flexibility index (Phi) is 6.91. The summed E-state index contributed by atoms with van der Waals surface area (Å²) in [6.07, 6.45) is 4.50. The fourth-order valence-electron chi connectivity index (χ4n) is 3.40. The second-order valence-electron chi connectivity index (χ2n) is 6.69. The zero-order valence-corrected chi connectivity index (χ0v) is 15.4. The van der Waals surface area contributed by atoms with Crippen LogP contribution in [0.5, 0.6) is 5.75 Å². The summed E-state index contributed by atoms with van der Waals surface area (Å²) in [4.78, 5) is 16.8. The molecule has 1 aliphatic rings. The minimum Gasteiger partial charge on any atom is -0.497 e. The van der Waals surface area contributed by atoms with Crippen LogP contribution in [0, 0.1) is 0 Å². The van der Waals surface area contributed by atoms with Crippen molar-refractivity contribution in [2.75, 3.05) is 34.3 Å². The van der Waals surface area contributed by atoms with Gasteiger partial charge in [-0.2, -0.15) is 0 Å². The highest BCUT2D eigenvalue weighted by Gasteiger charge is 2.26. The summed E-state index contributed by atoms with van der Waals surface area (Å²) >= 11 is 0. The molecular formula is C19H31N3O2. The standard InChI is InChI=1S/C19H31N3O2/c1-5-16-8-6-7-13-22(16)19(23)20-14-18(21(2)3)15-9-11-17(24-4)12-10-15/h9-12,16,18H,5-8,13-14H2,1-4H3,(H,20,23). The van der Waals surface area contributed by atoms with E-state index >= 15 is 0 Å². The molecule has 1 N–H and O–H groups in total. The van der Waals surface area contributed by atoms with Crippen LogP contribution < -0.4 is 10.1 Å². The van der Waals surface area contributed by atoms with Crippen LogP contribution in [0.2, 0.25) is 0 Å². The third kappa shape index (κ3) is 4.63. The van der Waals surface area contributed by atoms with E-state index in [2.05, 4.69) is 29.3 Å². The maximum Gasteiger partial charge on any atom is 0.317 e. The van der Waals surface area contributed by atoms with Crippen molar-refractivity contribution in [3.63, 3.8) is 0 Å². The summed E-state index contributed by atoms with van der Waals surface area (Å²) in [6, 6.07) is 8.65. The zero-order chi connectivity index (χ0) is 17.5. The maximum absolute atomic E-state index is 12.6. The summed E-state index contributed by atoms with van der Waals surface area (Å²) in [6.45, 7) is 3.64. The molecule has 0 aliphatic carbocycles. The molecule has 1 aromatic carbocycles. The van der Waals surface area contributed by atoms with E-state index in [1.807, 2.05) is 31.1 Å². The number of amides is 2. The second kappa shape index (κ2) is 8.92. The lowest BCUT2D eigenvalue weighted by molar-refractivity contribution is 0.146. The summed E-state index contributed by atoms with van der Waals surface area (Å²) in [7, 11) is 5.75. The van der Waals surface area contributed by atoms with Gasteiger partial charge in [0.1, 0.15) is 5.75 Å². The summed E-state index contributed by atoms with van der Waals surface area (Å²) in [5.74, 6) is 0.847. The average molecular weight is 333 g/mol. The number of hydrogen-bond donors (Lipinski definition) is 1. The Morgan fingerprint density at radius 3 is 2.62 bits per heavy atom. The number of piperidine rings is 1. The number of benzene rings is 1. The lowest BCUT2D eigenvalue weighted by Gasteiger charge is -2.36. The lowest BCUT2D eigenvalue weighted by Crippen LogP contribution is -2.49. The van der Waals surface area contributed by atoms with Crippen LogP contribution in [0.25, 0.3) is 0 Å². The molecular weight excluding hydrogens is 302 g/mol. The van der Waals surface area contributed by atoms with E-state index in [1.54, 1.807) is 7.11 Å². The number of rotatable bonds is 6. The van der Waals surface area contributed by atoms with Crippen molar-refractivity contribution in [1.82, 2.24) is 15.1 Å². The Bertz CT molecular complexity index is 516. The van der Waals surface area contributed by atoms with Crippen LogP contribution in [0.4, 0.5) is 4.79 Å². The lowest BCUT2D eigenvalue weighted by atomic mass is 10.0. The fourth-order valence-corrected chi connectivity index (χ4v) is 3.40. The molecule has 2 unspecified atom stereocenters. The molecule has 134 valence electrons. The van der Waals surface area contributed by atoms with Gasteiger partial charge < -0.3 is 19.9 Å². The predicted octanol–water partition coefficient (Wildman–Crippen LogP) is 3.27. The van der Waals surface area contributed by atoms with Gasteiger partial charge in [-0.25, -0.2) is 4.79 Å². The number of nitrogens with zero attached hydrogens (tertiary/aromatic N) is 2. The van der Waals surface area contributed by atoms with Gasteiger partial charge in [-0.05, 0) is 57.5 Å². The molecule has 0 radical (unpaired) electrons. The van der Waals surface area contributed by atoms with Gasteiger partial charge in [0, 0.05) is 19.1 Å². The molecule has 5 nitrogen and oxygen atoms in total. The number of ether oxygens (including phenoxy) is 1. The van der Waals surface area contributed by atoms with Crippen LogP contribution in [0.15, 0.2) is 24.3 Å². The first-order valence-corrected chi connectivity index (χ1v) is 8.91. The van der Waals surface area contributed by atoms with Crippen molar-refractivity contribution in [1.29, 1.82) is 0 Å². The SMILES string of the molecule is CCC1CCCCN1C(=O)NCC(c1ccc(OC)cc1)N(C)C. The highest BCUT2D eigenvalue weighted by molar-refractivity contribution is 5.74. The van der Waals surface area contributed by atoms with Gasteiger partial charge in [-0.15, -0.1) is 0 Å². The summed E-state index contributed by atoms with van der Waals surface area (Å²) in [5.41, 5.74) is 1.17. The third-order valence-corrected chi connectivity index (χ3v) is 4.93. The molecule has 5 heteroatoms. The largest absolute Gasteiger partial charge is 0.497 e. The van der Waals surface area contributed by atoms with E-state index < -0.39 is 0 Å². The normalized spacial score (nSPS) is 19.2. The summed E-state index contributed by atoms with van der Waals surface area (Å²) in [5, 5.41) is 3.14. The molecule has 0 spiro atoms. The van der Waals surface area contributed by atoms with Gasteiger partial charge >= 0.3 is 6.03 Å². The molecule has 1 aromatic rings. The molecule has 2 amide bonds. The van der Waals surface area contributed by atoms with Gasteiger partial charge in [0.25, 0.3) is 0 Å². The first-order valence-electron chi connectivity index (χ1n) is 8.91. The Morgan fingerprint density at radius 2 is 2.04 bits per heavy atom. The van der Waals surface area contributed by atoms with Crippen LogP contribution in [-0.4, -0.2) is 56.2 Å². The molecule has 0 bridgehead atoms. The number of carbonyl (C=O) groups excluding carboxylic acids is 1. The van der Waals surface area contributed by atoms with E-state index in [0.717, 1.165) is 31.6 Å². The van der Waals surface area contributed by atoms with Gasteiger partial charge in [-0.1, -0.05) is 19.1 Å². The molecule has 0 aromatic heterocycles. The van der Waals surface area contributed by atoms with Crippen molar-refractivity contribution >= 4 is 6.03 Å². The quantitative estimate of drug-likeness (QED) is 0.869. The van der Waals surface area contributed by atoms with Crippen molar-refractivity contribution in [3.05, 3.63) is 29.8 Å². The Balaban J connectivity index is 1.98. The minimum atomic E-state index is 0.0712. The number of methoxy groups -OCH3 is 1. The first kappa shape index (κ1) is 18.6. The number of carbonyl (C=O) groups is 1. The van der Waals surface area contributed by atoms with Crippen molar-refractivity contribution in [3.8, 4) is 5.75 Å². The van der Waals surface area contributed by atoms with Crippen LogP contribution in [0.1, 0.15) is 44.2 Å². The van der Waals surface area contributed by atoms with E-state index in [0.29, 0.717) is 12.6 Å². The molecule has 0 saturated carbocycles. The van der Waals surface area contributed by atoms with Crippen LogP contribution in [-0.2, 0) is 0 Å². The van der Waals surface area contributed by atoms with Gasteiger partial charge in [0.2, 0.25) is 0 Å². The molecule has 1 aliphatic heterocycles. The monoisotopic (exact) mass is 333 g/mol.